The average molecular weight is 236 g/mol. The molecule has 1 heterocycles. The third-order valence-electron chi connectivity index (χ3n) is 2.93. The van der Waals surface area contributed by atoms with Crippen LogP contribution >= 0.6 is 0 Å². The maximum atomic E-state index is 10.9. The number of nitrogens with one attached hydrogen (secondary N) is 1. The number of carboxylic acids is 1. The van der Waals surface area contributed by atoms with Crippen LogP contribution in [0, 0.1) is 12.8 Å². The van der Waals surface area contributed by atoms with E-state index in [2.05, 4.69) is 24.1 Å². The number of aryl methyl sites for hydroxylation is 1. The molecule has 0 radical (unpaired) electrons. The molecule has 0 bridgehead atoms. The first-order valence-electron chi connectivity index (χ1n) is 6.02. The first kappa shape index (κ1) is 13.5. The summed E-state index contributed by atoms with van der Waals surface area (Å²) < 4.78 is 0. The Labute approximate surface area is 102 Å². The summed E-state index contributed by atoms with van der Waals surface area (Å²) in [5.74, 6) is 0.334. The molecule has 1 aromatic heterocycles. The zero-order chi connectivity index (χ0) is 12.8. The summed E-state index contributed by atoms with van der Waals surface area (Å²) in [5.41, 5.74) is 1.00. The number of aromatic carboxylic acids is 1. The molecular formula is C13H20N2O2. The van der Waals surface area contributed by atoms with Crippen molar-refractivity contribution in [3.8, 4) is 0 Å². The molecular weight excluding hydrogens is 216 g/mol. The minimum Gasteiger partial charge on any atom is -0.478 e. The van der Waals surface area contributed by atoms with Gasteiger partial charge in [0.25, 0.3) is 0 Å². The van der Waals surface area contributed by atoms with Gasteiger partial charge in [-0.1, -0.05) is 26.7 Å². The lowest BCUT2D eigenvalue weighted by atomic mass is 10.0. The van der Waals surface area contributed by atoms with Gasteiger partial charge < -0.3 is 10.4 Å². The molecule has 0 spiro atoms. The van der Waals surface area contributed by atoms with Crippen molar-refractivity contribution < 1.29 is 9.90 Å². The number of hydrogen-bond donors (Lipinski definition) is 2. The maximum Gasteiger partial charge on any atom is 0.335 e. The van der Waals surface area contributed by atoms with E-state index in [9.17, 15) is 4.79 Å². The van der Waals surface area contributed by atoms with Crippen LogP contribution < -0.4 is 5.32 Å². The highest BCUT2D eigenvalue weighted by Crippen LogP contribution is 2.13. The molecule has 4 nitrogen and oxygen atoms in total. The predicted octanol–water partition coefficient (Wildman–Crippen LogP) is 2.94. The third-order valence-corrected chi connectivity index (χ3v) is 2.93. The van der Waals surface area contributed by atoms with Crippen molar-refractivity contribution in [2.75, 3.05) is 11.9 Å². The fourth-order valence-electron chi connectivity index (χ4n) is 1.71. The SMILES string of the molecule is CCC(CC)CNc1cc(C(=O)O)cc(C)n1. The Hall–Kier alpha value is -1.58. The first-order valence-corrected chi connectivity index (χ1v) is 6.02. The standard InChI is InChI=1S/C13H20N2O2/c1-4-10(5-2)8-14-12-7-11(13(16)17)6-9(3)15-12/h6-7,10H,4-5,8H2,1-3H3,(H,14,15)(H,16,17). The van der Waals surface area contributed by atoms with Gasteiger partial charge in [-0.3, -0.25) is 0 Å². The summed E-state index contributed by atoms with van der Waals surface area (Å²) in [6, 6.07) is 3.16. The van der Waals surface area contributed by atoms with Crippen LogP contribution in [0.1, 0.15) is 42.7 Å². The van der Waals surface area contributed by atoms with E-state index in [0.29, 0.717) is 11.7 Å². The second kappa shape index (κ2) is 6.23. The second-order valence-electron chi connectivity index (χ2n) is 4.25. The largest absolute Gasteiger partial charge is 0.478 e. The molecule has 17 heavy (non-hydrogen) atoms. The van der Waals surface area contributed by atoms with Crippen molar-refractivity contribution in [2.45, 2.75) is 33.6 Å². The fraction of sp³-hybridized carbons (Fsp3) is 0.538. The summed E-state index contributed by atoms with van der Waals surface area (Å²) in [5, 5.41) is 12.2. The smallest absolute Gasteiger partial charge is 0.335 e. The monoisotopic (exact) mass is 236 g/mol. The molecule has 0 aliphatic heterocycles. The zero-order valence-corrected chi connectivity index (χ0v) is 10.7. The molecule has 4 heteroatoms. The van der Waals surface area contributed by atoms with Gasteiger partial charge in [-0.25, -0.2) is 9.78 Å². The van der Waals surface area contributed by atoms with Gasteiger partial charge in [-0.2, -0.15) is 0 Å². The normalized spacial score (nSPS) is 10.6. The van der Waals surface area contributed by atoms with E-state index in [4.69, 9.17) is 5.11 Å². The third kappa shape index (κ3) is 4.06. The lowest BCUT2D eigenvalue weighted by Crippen LogP contribution is -2.14. The molecule has 0 saturated heterocycles. The van der Waals surface area contributed by atoms with Crippen LogP contribution in [0.4, 0.5) is 5.82 Å². The van der Waals surface area contributed by atoms with Gasteiger partial charge in [-0.15, -0.1) is 0 Å². The average Bonchev–Trinajstić information content (AvgIpc) is 2.29. The number of anilines is 1. The molecule has 0 aromatic carbocycles. The van der Waals surface area contributed by atoms with E-state index in [-0.39, 0.29) is 5.56 Å². The maximum absolute atomic E-state index is 10.9. The van der Waals surface area contributed by atoms with Crippen LogP contribution in [-0.4, -0.2) is 22.6 Å². The van der Waals surface area contributed by atoms with Crippen molar-refractivity contribution in [2.24, 2.45) is 5.92 Å². The van der Waals surface area contributed by atoms with Gasteiger partial charge in [0.2, 0.25) is 0 Å². The number of rotatable bonds is 6. The van der Waals surface area contributed by atoms with Crippen LogP contribution in [0.5, 0.6) is 0 Å². The molecule has 2 N–H and O–H groups in total. The van der Waals surface area contributed by atoms with Crippen LogP contribution in [0.25, 0.3) is 0 Å². The number of hydrogen-bond acceptors (Lipinski definition) is 3. The summed E-state index contributed by atoms with van der Waals surface area (Å²) in [6.45, 7) is 6.95. The van der Waals surface area contributed by atoms with Gasteiger partial charge in [0.15, 0.2) is 0 Å². The summed E-state index contributed by atoms with van der Waals surface area (Å²) in [6.07, 6.45) is 2.22. The molecule has 0 unspecified atom stereocenters. The van der Waals surface area contributed by atoms with E-state index < -0.39 is 5.97 Å². The number of aromatic nitrogens is 1. The van der Waals surface area contributed by atoms with E-state index in [0.717, 1.165) is 25.1 Å². The Morgan fingerprint density at radius 3 is 2.59 bits per heavy atom. The van der Waals surface area contributed by atoms with E-state index in [1.54, 1.807) is 19.1 Å². The predicted molar refractivity (Wildman–Crippen MR) is 68.5 cm³/mol. The zero-order valence-electron chi connectivity index (χ0n) is 10.7. The minimum atomic E-state index is -0.916. The second-order valence-corrected chi connectivity index (χ2v) is 4.25. The van der Waals surface area contributed by atoms with E-state index >= 15 is 0 Å². The summed E-state index contributed by atoms with van der Waals surface area (Å²) >= 11 is 0. The molecule has 0 aliphatic rings. The van der Waals surface area contributed by atoms with Gasteiger partial charge in [0, 0.05) is 12.2 Å². The summed E-state index contributed by atoms with van der Waals surface area (Å²) in [7, 11) is 0. The highest BCUT2D eigenvalue weighted by atomic mass is 16.4. The van der Waals surface area contributed by atoms with E-state index in [1.165, 1.54) is 0 Å². The number of carbonyl (C=O) groups is 1. The molecule has 0 amide bonds. The molecule has 1 rings (SSSR count). The highest BCUT2D eigenvalue weighted by molar-refractivity contribution is 5.88. The number of pyridine rings is 1. The topological polar surface area (TPSA) is 62.2 Å². The van der Waals surface area contributed by atoms with Crippen molar-refractivity contribution in [1.29, 1.82) is 0 Å². The van der Waals surface area contributed by atoms with Crippen molar-refractivity contribution in [1.82, 2.24) is 4.98 Å². The summed E-state index contributed by atoms with van der Waals surface area (Å²) in [4.78, 5) is 15.2. The number of nitrogens with zero attached hydrogens (tertiary/aromatic N) is 1. The van der Waals surface area contributed by atoms with Gasteiger partial charge in [0.05, 0.1) is 5.56 Å². The lowest BCUT2D eigenvalue weighted by Gasteiger charge is -2.14. The molecule has 0 saturated carbocycles. The molecule has 94 valence electrons. The lowest BCUT2D eigenvalue weighted by molar-refractivity contribution is 0.0696. The highest BCUT2D eigenvalue weighted by Gasteiger charge is 2.08. The Kier molecular flexibility index (Phi) is 4.94. The number of carboxylic acid groups (broad SMARTS) is 1. The van der Waals surface area contributed by atoms with Crippen LogP contribution in [0.15, 0.2) is 12.1 Å². The molecule has 0 atom stereocenters. The minimum absolute atomic E-state index is 0.282. The Morgan fingerprint density at radius 1 is 1.41 bits per heavy atom. The molecule has 0 aliphatic carbocycles. The Bertz CT molecular complexity index is 387. The van der Waals surface area contributed by atoms with Crippen molar-refractivity contribution in [3.05, 3.63) is 23.4 Å². The van der Waals surface area contributed by atoms with E-state index in [1.807, 2.05) is 0 Å². The van der Waals surface area contributed by atoms with Gasteiger partial charge in [-0.05, 0) is 25.0 Å². The van der Waals surface area contributed by atoms with Crippen LogP contribution in [-0.2, 0) is 0 Å². The molecule has 1 aromatic rings. The first-order chi connectivity index (χ1) is 8.06. The Morgan fingerprint density at radius 2 is 2.06 bits per heavy atom. The molecule has 0 fully saturated rings. The van der Waals surface area contributed by atoms with Crippen LogP contribution in [0.3, 0.4) is 0 Å². The quantitative estimate of drug-likeness (QED) is 0.797. The van der Waals surface area contributed by atoms with Crippen molar-refractivity contribution in [3.63, 3.8) is 0 Å². The van der Waals surface area contributed by atoms with Crippen molar-refractivity contribution >= 4 is 11.8 Å². The van der Waals surface area contributed by atoms with Gasteiger partial charge in [0.1, 0.15) is 5.82 Å². The Balaban J connectivity index is 2.74. The fourth-order valence-corrected chi connectivity index (χ4v) is 1.71. The van der Waals surface area contributed by atoms with Gasteiger partial charge >= 0.3 is 5.97 Å². The van der Waals surface area contributed by atoms with Crippen LogP contribution in [0.2, 0.25) is 0 Å².